The molecule has 2 heterocycles. The predicted molar refractivity (Wildman–Crippen MR) is 113 cm³/mol. The molecule has 0 saturated heterocycles. The van der Waals surface area contributed by atoms with Gasteiger partial charge < -0.3 is 15.7 Å². The first-order chi connectivity index (χ1) is 15.9. The number of hydrogen-bond acceptors (Lipinski definition) is 6. The molecule has 0 fully saturated rings. The van der Waals surface area contributed by atoms with Gasteiger partial charge in [0, 0.05) is 41.7 Å². The second-order valence-corrected chi connectivity index (χ2v) is 6.85. The second-order valence-electron chi connectivity index (χ2n) is 6.85. The number of phenols is 1. The normalized spacial score (nSPS) is 10.6. The van der Waals surface area contributed by atoms with Gasteiger partial charge in [-0.2, -0.15) is 5.10 Å². The van der Waals surface area contributed by atoms with Crippen LogP contribution in [0.1, 0.15) is 26.3 Å². The van der Waals surface area contributed by atoms with Gasteiger partial charge in [0.15, 0.2) is 5.82 Å². The van der Waals surface area contributed by atoms with Gasteiger partial charge in [-0.25, -0.2) is 23.4 Å². The first kappa shape index (κ1) is 21.6. The number of nitrogens with one attached hydrogen (secondary N) is 2. The number of amides is 2. The van der Waals surface area contributed by atoms with Crippen molar-refractivity contribution in [1.82, 2.24) is 25.1 Å². The lowest BCUT2D eigenvalue weighted by Gasteiger charge is -2.11. The molecule has 0 spiro atoms. The standard InChI is InChI=1S/C22H16F2N6O3/c23-15-6-14(7-16(24)8-15)21(32)29-17-3-4-18(19(31)9-17)22(33)27-10-13-2-1-5-26-20(13)30-12-25-11-28-30/h1-9,11-12,31H,10H2,(H,27,33)(H,29,32). The molecular weight excluding hydrogens is 434 g/mol. The molecule has 0 unspecified atom stereocenters. The van der Waals surface area contributed by atoms with Crippen LogP contribution in [0.2, 0.25) is 0 Å². The third-order valence-corrected chi connectivity index (χ3v) is 4.57. The van der Waals surface area contributed by atoms with Gasteiger partial charge in [-0.3, -0.25) is 9.59 Å². The zero-order chi connectivity index (χ0) is 23.4. The maximum absolute atomic E-state index is 13.3. The molecule has 11 heteroatoms. The fraction of sp³-hybridized carbons (Fsp3) is 0.0455. The van der Waals surface area contributed by atoms with E-state index >= 15 is 0 Å². The predicted octanol–water partition coefficient (Wildman–Crippen LogP) is 2.83. The van der Waals surface area contributed by atoms with Crippen LogP contribution in [0, 0.1) is 11.6 Å². The Morgan fingerprint density at radius 1 is 1.03 bits per heavy atom. The molecule has 2 aromatic carbocycles. The minimum absolute atomic E-state index is 0.0315. The molecule has 0 atom stereocenters. The summed E-state index contributed by atoms with van der Waals surface area (Å²) in [4.78, 5) is 32.9. The average molecular weight is 450 g/mol. The minimum atomic E-state index is -0.893. The fourth-order valence-electron chi connectivity index (χ4n) is 3.05. The third kappa shape index (κ3) is 4.98. The van der Waals surface area contributed by atoms with Crippen LogP contribution in [0.5, 0.6) is 5.75 Å². The zero-order valence-electron chi connectivity index (χ0n) is 16.9. The van der Waals surface area contributed by atoms with Gasteiger partial charge in [-0.05, 0) is 30.3 Å². The minimum Gasteiger partial charge on any atom is -0.507 e. The maximum atomic E-state index is 13.3. The molecular formula is C22H16F2N6O3. The van der Waals surface area contributed by atoms with Gasteiger partial charge in [0.05, 0.1) is 5.56 Å². The van der Waals surface area contributed by atoms with E-state index in [0.717, 1.165) is 18.2 Å². The Hall–Kier alpha value is -4.67. The van der Waals surface area contributed by atoms with E-state index in [1.54, 1.807) is 18.3 Å². The highest BCUT2D eigenvalue weighted by molar-refractivity contribution is 6.05. The number of carbonyl (C=O) groups excluding carboxylic acids is 2. The van der Waals surface area contributed by atoms with Crippen molar-refractivity contribution in [3.05, 3.63) is 95.7 Å². The summed E-state index contributed by atoms with van der Waals surface area (Å²) < 4.78 is 28.1. The van der Waals surface area contributed by atoms with Crippen molar-refractivity contribution in [2.24, 2.45) is 0 Å². The number of pyridine rings is 1. The molecule has 0 aliphatic heterocycles. The lowest BCUT2D eigenvalue weighted by atomic mass is 10.1. The van der Waals surface area contributed by atoms with E-state index in [4.69, 9.17) is 0 Å². The summed E-state index contributed by atoms with van der Waals surface area (Å²) in [7, 11) is 0. The number of aromatic nitrogens is 4. The van der Waals surface area contributed by atoms with E-state index in [1.807, 2.05) is 0 Å². The number of hydrogen-bond donors (Lipinski definition) is 3. The van der Waals surface area contributed by atoms with Crippen LogP contribution >= 0.6 is 0 Å². The molecule has 3 N–H and O–H groups in total. The van der Waals surface area contributed by atoms with E-state index in [9.17, 15) is 23.5 Å². The molecule has 166 valence electrons. The van der Waals surface area contributed by atoms with Gasteiger partial charge in [-0.1, -0.05) is 6.07 Å². The van der Waals surface area contributed by atoms with E-state index in [0.29, 0.717) is 17.4 Å². The topological polar surface area (TPSA) is 122 Å². The molecule has 0 radical (unpaired) electrons. The smallest absolute Gasteiger partial charge is 0.255 e. The van der Waals surface area contributed by atoms with E-state index < -0.39 is 29.2 Å². The Labute approximate surface area is 185 Å². The van der Waals surface area contributed by atoms with Crippen molar-refractivity contribution in [3.63, 3.8) is 0 Å². The summed E-state index contributed by atoms with van der Waals surface area (Å²) in [6.07, 6.45) is 4.42. The zero-order valence-corrected chi connectivity index (χ0v) is 16.9. The lowest BCUT2D eigenvalue weighted by molar-refractivity contribution is 0.0947. The molecule has 9 nitrogen and oxygen atoms in total. The van der Waals surface area contributed by atoms with Crippen molar-refractivity contribution >= 4 is 17.5 Å². The molecule has 2 aromatic heterocycles. The van der Waals surface area contributed by atoms with Crippen LogP contribution in [-0.2, 0) is 6.54 Å². The molecule has 0 aliphatic rings. The summed E-state index contributed by atoms with van der Waals surface area (Å²) in [6, 6.07) is 9.74. The average Bonchev–Trinajstić information content (AvgIpc) is 3.32. The third-order valence-electron chi connectivity index (χ3n) is 4.57. The quantitative estimate of drug-likeness (QED) is 0.415. The SMILES string of the molecule is O=C(Nc1ccc(C(=O)NCc2cccnc2-n2cncn2)c(O)c1)c1cc(F)cc(F)c1. The van der Waals surface area contributed by atoms with Crippen LogP contribution in [0.15, 0.2) is 67.4 Å². The second kappa shape index (κ2) is 9.22. The van der Waals surface area contributed by atoms with Crippen LogP contribution < -0.4 is 10.6 Å². The number of phenolic OH excluding ortho intramolecular Hbond substituents is 1. The number of nitrogens with zero attached hydrogens (tertiary/aromatic N) is 4. The van der Waals surface area contributed by atoms with Crippen molar-refractivity contribution in [3.8, 4) is 11.6 Å². The van der Waals surface area contributed by atoms with Crippen molar-refractivity contribution in [1.29, 1.82) is 0 Å². The van der Waals surface area contributed by atoms with Gasteiger partial charge in [0.2, 0.25) is 0 Å². The molecule has 4 aromatic rings. The number of carbonyl (C=O) groups is 2. The first-order valence-corrected chi connectivity index (χ1v) is 9.58. The lowest BCUT2D eigenvalue weighted by Crippen LogP contribution is -2.24. The maximum Gasteiger partial charge on any atom is 0.255 e. The van der Waals surface area contributed by atoms with Crippen molar-refractivity contribution in [2.45, 2.75) is 6.54 Å². The highest BCUT2D eigenvalue weighted by atomic mass is 19.1. The Kier molecular flexibility index (Phi) is 6.02. The number of rotatable bonds is 6. The van der Waals surface area contributed by atoms with Crippen LogP contribution in [0.25, 0.3) is 5.82 Å². The largest absolute Gasteiger partial charge is 0.507 e. The fourth-order valence-corrected chi connectivity index (χ4v) is 3.05. The molecule has 4 rings (SSSR count). The number of benzene rings is 2. The van der Waals surface area contributed by atoms with Gasteiger partial charge in [0.1, 0.15) is 30.0 Å². The molecule has 0 bridgehead atoms. The Balaban J connectivity index is 1.44. The van der Waals surface area contributed by atoms with E-state index in [1.165, 1.54) is 29.5 Å². The van der Waals surface area contributed by atoms with Gasteiger partial charge in [-0.15, -0.1) is 0 Å². The Morgan fingerprint density at radius 2 is 1.82 bits per heavy atom. The van der Waals surface area contributed by atoms with Crippen molar-refractivity contribution < 1.29 is 23.5 Å². The number of halogens is 2. The summed E-state index contributed by atoms with van der Waals surface area (Å²) >= 11 is 0. The van der Waals surface area contributed by atoms with Crippen LogP contribution in [0.3, 0.4) is 0 Å². The van der Waals surface area contributed by atoms with Crippen molar-refractivity contribution in [2.75, 3.05) is 5.32 Å². The Morgan fingerprint density at radius 3 is 2.52 bits per heavy atom. The van der Waals surface area contributed by atoms with Crippen LogP contribution in [0.4, 0.5) is 14.5 Å². The summed E-state index contributed by atoms with van der Waals surface area (Å²) in [5.41, 5.74) is 0.547. The monoisotopic (exact) mass is 450 g/mol. The molecule has 2 amide bonds. The summed E-state index contributed by atoms with van der Waals surface area (Å²) in [5, 5.41) is 19.4. The van der Waals surface area contributed by atoms with Gasteiger partial charge in [0.25, 0.3) is 11.8 Å². The highest BCUT2D eigenvalue weighted by Crippen LogP contribution is 2.23. The number of anilines is 1. The molecule has 33 heavy (non-hydrogen) atoms. The molecule has 0 saturated carbocycles. The van der Waals surface area contributed by atoms with E-state index in [2.05, 4.69) is 25.7 Å². The highest BCUT2D eigenvalue weighted by Gasteiger charge is 2.15. The van der Waals surface area contributed by atoms with Crippen LogP contribution in [-0.4, -0.2) is 36.7 Å². The number of aromatic hydroxyl groups is 1. The summed E-state index contributed by atoms with van der Waals surface area (Å²) in [6.45, 7) is 0.102. The molecule has 0 aliphatic carbocycles. The van der Waals surface area contributed by atoms with E-state index in [-0.39, 0.29) is 23.4 Å². The summed E-state index contributed by atoms with van der Waals surface area (Å²) in [5.74, 6) is -3.02. The van der Waals surface area contributed by atoms with Gasteiger partial charge >= 0.3 is 0 Å². The Bertz CT molecular complexity index is 1310. The first-order valence-electron chi connectivity index (χ1n) is 9.58.